The second-order valence-corrected chi connectivity index (χ2v) is 4.54. The van der Waals surface area contributed by atoms with E-state index in [1.165, 1.54) is 17.2 Å². The van der Waals surface area contributed by atoms with Gasteiger partial charge in [0.25, 0.3) is 0 Å². The van der Waals surface area contributed by atoms with Crippen LogP contribution in [-0.2, 0) is 6.54 Å². The Morgan fingerprint density at radius 2 is 1.83 bits per heavy atom. The summed E-state index contributed by atoms with van der Waals surface area (Å²) in [7, 11) is 0. The van der Waals surface area contributed by atoms with Crippen LogP contribution in [0.3, 0.4) is 0 Å². The molecule has 2 heteroatoms. The van der Waals surface area contributed by atoms with Crippen LogP contribution in [0.2, 0.25) is 0 Å². The second-order valence-electron chi connectivity index (χ2n) is 4.54. The van der Waals surface area contributed by atoms with Gasteiger partial charge in [-0.15, -0.1) is 0 Å². The van der Waals surface area contributed by atoms with Crippen LogP contribution in [0.15, 0.2) is 54.7 Å². The van der Waals surface area contributed by atoms with Gasteiger partial charge in [0.05, 0.1) is 5.52 Å². The van der Waals surface area contributed by atoms with E-state index in [-0.39, 0.29) is 5.82 Å². The van der Waals surface area contributed by atoms with Gasteiger partial charge in [-0.2, -0.15) is 0 Å². The molecule has 0 aliphatic rings. The Balaban J connectivity index is 2.06. The van der Waals surface area contributed by atoms with E-state index in [0.717, 1.165) is 12.1 Å². The highest BCUT2D eigenvalue weighted by Crippen LogP contribution is 2.20. The van der Waals surface area contributed by atoms with Crippen LogP contribution in [-0.4, -0.2) is 4.57 Å². The second kappa shape index (κ2) is 4.30. The summed E-state index contributed by atoms with van der Waals surface area (Å²) < 4.78 is 15.7. The zero-order valence-corrected chi connectivity index (χ0v) is 10.2. The summed E-state index contributed by atoms with van der Waals surface area (Å²) in [5, 5.41) is 0.686. The fourth-order valence-corrected chi connectivity index (χ4v) is 2.29. The van der Waals surface area contributed by atoms with Crippen molar-refractivity contribution in [3.8, 4) is 0 Å². The molecule has 0 aliphatic heterocycles. The van der Waals surface area contributed by atoms with Crippen LogP contribution in [0.1, 0.15) is 11.1 Å². The molecule has 0 saturated heterocycles. The molecule has 0 bridgehead atoms. The van der Waals surface area contributed by atoms with Crippen molar-refractivity contribution in [1.29, 1.82) is 0 Å². The summed E-state index contributed by atoms with van der Waals surface area (Å²) in [6.45, 7) is 2.88. The maximum absolute atomic E-state index is 13.6. The van der Waals surface area contributed by atoms with Gasteiger partial charge in [-0.1, -0.05) is 30.3 Å². The van der Waals surface area contributed by atoms with E-state index in [9.17, 15) is 4.39 Å². The van der Waals surface area contributed by atoms with E-state index in [1.54, 1.807) is 6.07 Å². The van der Waals surface area contributed by atoms with Crippen LogP contribution < -0.4 is 0 Å². The number of hydrogen-bond acceptors (Lipinski definition) is 0. The molecular formula is C16H14FN. The molecule has 0 aliphatic carbocycles. The van der Waals surface area contributed by atoms with Crippen molar-refractivity contribution in [3.63, 3.8) is 0 Å². The Hall–Kier alpha value is -2.09. The Bertz CT molecular complexity index is 697. The van der Waals surface area contributed by atoms with Gasteiger partial charge in [-0.25, -0.2) is 4.39 Å². The highest BCUT2D eigenvalue weighted by molar-refractivity contribution is 5.80. The summed E-state index contributed by atoms with van der Waals surface area (Å²) in [6.07, 6.45) is 1.94. The number of aryl methyl sites for hydroxylation is 1. The van der Waals surface area contributed by atoms with Crippen molar-refractivity contribution < 1.29 is 4.39 Å². The van der Waals surface area contributed by atoms with Crippen molar-refractivity contribution in [2.45, 2.75) is 13.5 Å². The van der Waals surface area contributed by atoms with Crippen molar-refractivity contribution in [1.82, 2.24) is 4.57 Å². The van der Waals surface area contributed by atoms with Gasteiger partial charge in [0.15, 0.2) is 0 Å². The minimum atomic E-state index is -0.156. The number of halogens is 1. The SMILES string of the molecule is Cc1ccccc1Cn1ccc2c(F)cccc21. The molecule has 1 nitrogen and oxygen atoms in total. The van der Waals surface area contributed by atoms with Gasteiger partial charge in [-0.05, 0) is 36.2 Å². The molecule has 0 unspecified atom stereocenters. The van der Waals surface area contributed by atoms with Crippen LogP contribution in [0.25, 0.3) is 10.9 Å². The highest BCUT2D eigenvalue weighted by Gasteiger charge is 2.06. The zero-order chi connectivity index (χ0) is 12.5. The standard InChI is InChI=1S/C16H14FN/c1-12-5-2-3-6-13(12)11-18-10-9-14-15(17)7-4-8-16(14)18/h2-10H,11H2,1H3. The number of benzene rings is 2. The molecule has 18 heavy (non-hydrogen) atoms. The van der Waals surface area contributed by atoms with Crippen molar-refractivity contribution in [2.24, 2.45) is 0 Å². The highest BCUT2D eigenvalue weighted by atomic mass is 19.1. The molecule has 0 spiro atoms. The van der Waals surface area contributed by atoms with E-state index >= 15 is 0 Å². The fourth-order valence-electron chi connectivity index (χ4n) is 2.29. The lowest BCUT2D eigenvalue weighted by Crippen LogP contribution is -1.99. The third-order valence-corrected chi connectivity index (χ3v) is 3.36. The Morgan fingerprint density at radius 3 is 2.67 bits per heavy atom. The minimum absolute atomic E-state index is 0.156. The van der Waals surface area contributed by atoms with E-state index in [2.05, 4.69) is 23.6 Å². The van der Waals surface area contributed by atoms with Crippen molar-refractivity contribution in [3.05, 3.63) is 71.7 Å². The Morgan fingerprint density at radius 1 is 1.00 bits per heavy atom. The minimum Gasteiger partial charge on any atom is -0.343 e. The predicted octanol–water partition coefficient (Wildman–Crippen LogP) is 4.14. The fraction of sp³-hybridized carbons (Fsp3) is 0.125. The average molecular weight is 239 g/mol. The summed E-state index contributed by atoms with van der Waals surface area (Å²) >= 11 is 0. The first kappa shape index (κ1) is 11.0. The third-order valence-electron chi connectivity index (χ3n) is 3.36. The largest absolute Gasteiger partial charge is 0.343 e. The summed E-state index contributed by atoms with van der Waals surface area (Å²) in [5.74, 6) is -0.156. The first-order valence-electron chi connectivity index (χ1n) is 6.03. The van der Waals surface area contributed by atoms with Gasteiger partial charge >= 0.3 is 0 Å². The van der Waals surface area contributed by atoms with E-state index in [0.29, 0.717) is 5.39 Å². The van der Waals surface area contributed by atoms with Gasteiger partial charge in [0, 0.05) is 18.1 Å². The summed E-state index contributed by atoms with van der Waals surface area (Å²) in [5.41, 5.74) is 3.47. The molecule has 0 radical (unpaired) electrons. The van der Waals surface area contributed by atoms with Crippen molar-refractivity contribution in [2.75, 3.05) is 0 Å². The molecule has 0 atom stereocenters. The molecule has 0 amide bonds. The Labute approximate surface area is 105 Å². The molecule has 0 fully saturated rings. The lowest BCUT2D eigenvalue weighted by Gasteiger charge is -2.08. The van der Waals surface area contributed by atoms with Gasteiger partial charge in [-0.3, -0.25) is 0 Å². The maximum atomic E-state index is 13.6. The third kappa shape index (κ3) is 1.80. The lowest BCUT2D eigenvalue weighted by molar-refractivity contribution is 0.639. The average Bonchev–Trinajstić information content (AvgIpc) is 2.77. The smallest absolute Gasteiger partial charge is 0.132 e. The predicted molar refractivity (Wildman–Crippen MR) is 72.2 cm³/mol. The van der Waals surface area contributed by atoms with E-state index in [1.807, 2.05) is 30.5 Å². The molecule has 1 aromatic heterocycles. The Kier molecular flexibility index (Phi) is 2.63. The monoisotopic (exact) mass is 239 g/mol. The van der Waals surface area contributed by atoms with Crippen LogP contribution in [0, 0.1) is 12.7 Å². The van der Waals surface area contributed by atoms with Gasteiger partial charge < -0.3 is 4.57 Å². The molecule has 0 N–H and O–H groups in total. The quantitative estimate of drug-likeness (QED) is 0.633. The maximum Gasteiger partial charge on any atom is 0.132 e. The van der Waals surface area contributed by atoms with Gasteiger partial charge in [0.2, 0.25) is 0 Å². The normalized spacial score (nSPS) is 11.0. The summed E-state index contributed by atoms with van der Waals surface area (Å²) in [4.78, 5) is 0. The molecule has 3 aromatic rings. The van der Waals surface area contributed by atoms with Gasteiger partial charge in [0.1, 0.15) is 5.82 Å². The molecule has 0 saturated carbocycles. The zero-order valence-electron chi connectivity index (χ0n) is 10.2. The number of rotatable bonds is 2. The molecular weight excluding hydrogens is 225 g/mol. The number of hydrogen-bond donors (Lipinski definition) is 0. The summed E-state index contributed by atoms with van der Waals surface area (Å²) in [6, 6.07) is 15.3. The van der Waals surface area contributed by atoms with E-state index in [4.69, 9.17) is 0 Å². The lowest BCUT2D eigenvalue weighted by atomic mass is 10.1. The van der Waals surface area contributed by atoms with Crippen LogP contribution in [0.5, 0.6) is 0 Å². The first-order valence-corrected chi connectivity index (χ1v) is 6.03. The topological polar surface area (TPSA) is 4.93 Å². The van der Waals surface area contributed by atoms with Crippen LogP contribution >= 0.6 is 0 Å². The van der Waals surface area contributed by atoms with Crippen molar-refractivity contribution >= 4 is 10.9 Å². The molecule has 2 aromatic carbocycles. The molecule has 3 rings (SSSR count). The first-order chi connectivity index (χ1) is 8.75. The molecule has 90 valence electrons. The number of aromatic nitrogens is 1. The molecule has 1 heterocycles. The van der Waals surface area contributed by atoms with Crippen LogP contribution in [0.4, 0.5) is 4.39 Å². The number of fused-ring (bicyclic) bond motifs is 1. The van der Waals surface area contributed by atoms with E-state index < -0.39 is 0 Å². The number of nitrogens with zero attached hydrogens (tertiary/aromatic N) is 1.